The third kappa shape index (κ3) is 2.55. The molecule has 1 heterocycles. The third-order valence-electron chi connectivity index (χ3n) is 5.12. The van der Waals surface area contributed by atoms with E-state index in [0.717, 1.165) is 13.0 Å². The minimum Gasteiger partial charge on any atom is -0.417 e. The van der Waals surface area contributed by atoms with Gasteiger partial charge in [0.1, 0.15) is 0 Å². The maximum Gasteiger partial charge on any atom is 0.293 e. The molecule has 0 saturated heterocycles. The van der Waals surface area contributed by atoms with E-state index in [1.807, 2.05) is 0 Å². The summed E-state index contributed by atoms with van der Waals surface area (Å²) in [5, 5.41) is 1.69. The second-order valence-electron chi connectivity index (χ2n) is 6.60. The van der Waals surface area contributed by atoms with E-state index in [1.54, 1.807) is 5.20 Å². The average Bonchev–Trinajstić information content (AvgIpc) is 3.17. The summed E-state index contributed by atoms with van der Waals surface area (Å²) in [6.07, 6.45) is 12.9. The van der Waals surface area contributed by atoms with E-state index in [-0.39, 0.29) is 0 Å². The van der Waals surface area contributed by atoms with E-state index < -0.39 is 8.07 Å². The minimum atomic E-state index is -1.47. The molecule has 1 aromatic rings. The summed E-state index contributed by atoms with van der Waals surface area (Å²) in [5.74, 6) is 0. The lowest BCUT2D eigenvalue weighted by Crippen LogP contribution is -2.53. The standard InChI is InChI=1S/C18H24BNSi/c1-4-20-15-14-18(19(20)16-10-6-5-7-11-16)21(2,3)17-12-8-9-13-17/h5-12,14-15,18H,4,13H2,1-3H3. The summed E-state index contributed by atoms with van der Waals surface area (Å²) in [7, 11) is -1.47. The van der Waals surface area contributed by atoms with Gasteiger partial charge in [0.05, 0.1) is 8.07 Å². The molecule has 21 heavy (non-hydrogen) atoms. The van der Waals surface area contributed by atoms with Gasteiger partial charge < -0.3 is 4.81 Å². The van der Waals surface area contributed by atoms with Gasteiger partial charge in [0.15, 0.2) is 0 Å². The Bertz CT molecular complexity index is 588. The molecular weight excluding hydrogens is 269 g/mol. The highest BCUT2D eigenvalue weighted by molar-refractivity contribution is 6.98. The molecule has 0 saturated carbocycles. The molecule has 1 aromatic carbocycles. The first-order chi connectivity index (χ1) is 10.1. The van der Waals surface area contributed by atoms with Crippen molar-refractivity contribution in [2.24, 2.45) is 0 Å². The highest BCUT2D eigenvalue weighted by atomic mass is 28.3. The molecule has 1 unspecified atom stereocenters. The Labute approximate surface area is 130 Å². The molecule has 0 fully saturated rings. The Morgan fingerprint density at radius 2 is 2.00 bits per heavy atom. The zero-order valence-corrected chi connectivity index (χ0v) is 14.3. The molecule has 0 N–H and O–H groups in total. The second kappa shape index (κ2) is 5.72. The number of rotatable bonds is 4. The van der Waals surface area contributed by atoms with Crippen LogP contribution in [0.1, 0.15) is 13.3 Å². The highest BCUT2D eigenvalue weighted by Gasteiger charge is 2.46. The van der Waals surface area contributed by atoms with Crippen molar-refractivity contribution in [3.63, 3.8) is 0 Å². The zero-order valence-electron chi connectivity index (χ0n) is 13.3. The van der Waals surface area contributed by atoms with Crippen LogP contribution in [0.4, 0.5) is 0 Å². The van der Waals surface area contributed by atoms with E-state index in [9.17, 15) is 0 Å². The number of nitrogens with zero attached hydrogens (tertiary/aromatic N) is 1. The van der Waals surface area contributed by atoms with Crippen molar-refractivity contribution in [1.82, 2.24) is 4.81 Å². The van der Waals surface area contributed by atoms with Gasteiger partial charge in [-0.1, -0.05) is 78.4 Å². The molecule has 0 radical (unpaired) electrons. The normalized spacial score (nSPS) is 21.3. The molecule has 0 amide bonds. The van der Waals surface area contributed by atoms with E-state index in [1.165, 1.54) is 5.46 Å². The van der Waals surface area contributed by atoms with Crippen molar-refractivity contribution in [3.05, 3.63) is 66.0 Å². The molecule has 108 valence electrons. The molecule has 2 aliphatic rings. The van der Waals surface area contributed by atoms with Crippen molar-refractivity contribution in [1.29, 1.82) is 0 Å². The molecular formula is C18H24BNSi. The first-order valence-corrected chi connectivity index (χ1v) is 11.1. The van der Waals surface area contributed by atoms with Gasteiger partial charge >= 0.3 is 0 Å². The Kier molecular flexibility index (Phi) is 3.94. The molecule has 1 aliphatic heterocycles. The fourth-order valence-electron chi connectivity index (χ4n) is 3.73. The van der Waals surface area contributed by atoms with Crippen LogP contribution in [0.5, 0.6) is 0 Å². The Hall–Kier alpha value is -1.48. The van der Waals surface area contributed by atoms with Crippen LogP contribution in [0.2, 0.25) is 18.5 Å². The van der Waals surface area contributed by atoms with Gasteiger partial charge in [-0.15, -0.1) is 0 Å². The van der Waals surface area contributed by atoms with Gasteiger partial charge in [0, 0.05) is 6.54 Å². The van der Waals surface area contributed by atoms with Crippen LogP contribution in [-0.2, 0) is 0 Å². The second-order valence-corrected chi connectivity index (χ2v) is 11.4. The Morgan fingerprint density at radius 1 is 1.24 bits per heavy atom. The molecule has 3 heteroatoms. The molecule has 1 atom stereocenters. The number of hydrogen-bond donors (Lipinski definition) is 0. The van der Waals surface area contributed by atoms with Crippen molar-refractivity contribution in [3.8, 4) is 0 Å². The smallest absolute Gasteiger partial charge is 0.293 e. The van der Waals surface area contributed by atoms with Crippen LogP contribution in [0.25, 0.3) is 0 Å². The van der Waals surface area contributed by atoms with Crippen molar-refractivity contribution in [2.45, 2.75) is 31.9 Å². The van der Waals surface area contributed by atoms with Crippen LogP contribution in [0.15, 0.2) is 66.0 Å². The van der Waals surface area contributed by atoms with E-state index in [2.05, 4.69) is 85.7 Å². The summed E-state index contributed by atoms with van der Waals surface area (Å²) in [6, 6.07) is 11.0. The van der Waals surface area contributed by atoms with Crippen molar-refractivity contribution in [2.75, 3.05) is 6.54 Å². The minimum absolute atomic E-state index is 0.513. The van der Waals surface area contributed by atoms with Crippen LogP contribution in [0, 0.1) is 0 Å². The fourth-order valence-corrected chi connectivity index (χ4v) is 7.07. The predicted octanol–water partition coefficient (Wildman–Crippen LogP) is 3.78. The lowest BCUT2D eigenvalue weighted by atomic mass is 9.53. The van der Waals surface area contributed by atoms with Crippen LogP contribution in [-0.4, -0.2) is 26.3 Å². The monoisotopic (exact) mass is 293 g/mol. The highest BCUT2D eigenvalue weighted by Crippen LogP contribution is 2.39. The summed E-state index contributed by atoms with van der Waals surface area (Å²) in [5.41, 5.74) is 2.12. The fraction of sp³-hybridized carbons (Fsp3) is 0.333. The van der Waals surface area contributed by atoms with Crippen LogP contribution in [0.3, 0.4) is 0 Å². The van der Waals surface area contributed by atoms with E-state index in [0.29, 0.717) is 12.3 Å². The SMILES string of the molecule is CCN1C=CC([Si](C)(C)C2=CC=CC2)B1c1ccccc1. The molecule has 1 aliphatic carbocycles. The van der Waals surface area contributed by atoms with Gasteiger partial charge in [-0.2, -0.15) is 0 Å². The topological polar surface area (TPSA) is 3.24 Å². The number of benzene rings is 1. The largest absolute Gasteiger partial charge is 0.417 e. The van der Waals surface area contributed by atoms with Crippen LogP contribution >= 0.6 is 0 Å². The first-order valence-electron chi connectivity index (χ1n) is 7.99. The maximum atomic E-state index is 2.54. The average molecular weight is 293 g/mol. The van der Waals surface area contributed by atoms with Gasteiger partial charge in [0.2, 0.25) is 0 Å². The van der Waals surface area contributed by atoms with Gasteiger partial charge in [0.25, 0.3) is 6.85 Å². The summed E-state index contributed by atoms with van der Waals surface area (Å²) < 4.78 is 0. The first kappa shape index (κ1) is 14.5. The quantitative estimate of drug-likeness (QED) is 0.764. The summed E-state index contributed by atoms with van der Waals surface area (Å²) in [4.78, 5) is 2.51. The molecule has 0 bridgehead atoms. The Morgan fingerprint density at radius 3 is 2.62 bits per heavy atom. The summed E-state index contributed by atoms with van der Waals surface area (Å²) >= 11 is 0. The Balaban J connectivity index is 1.95. The predicted molar refractivity (Wildman–Crippen MR) is 96.4 cm³/mol. The van der Waals surface area contributed by atoms with Crippen LogP contribution < -0.4 is 5.46 Å². The van der Waals surface area contributed by atoms with Gasteiger partial charge in [-0.3, -0.25) is 0 Å². The maximum absolute atomic E-state index is 2.54. The van der Waals surface area contributed by atoms with Gasteiger partial charge in [-0.05, 0) is 25.0 Å². The van der Waals surface area contributed by atoms with Crippen molar-refractivity contribution < 1.29 is 0 Å². The lowest BCUT2D eigenvalue weighted by Gasteiger charge is -2.36. The summed E-state index contributed by atoms with van der Waals surface area (Å²) in [6.45, 7) is 8.92. The number of allylic oxidation sites excluding steroid dienone is 5. The van der Waals surface area contributed by atoms with Crippen molar-refractivity contribution >= 4 is 20.4 Å². The number of hydrogen-bond acceptors (Lipinski definition) is 1. The lowest BCUT2D eigenvalue weighted by molar-refractivity contribution is 0.625. The molecule has 0 spiro atoms. The zero-order chi connectivity index (χ0) is 14.9. The molecule has 1 nitrogen and oxygen atoms in total. The van der Waals surface area contributed by atoms with E-state index in [4.69, 9.17) is 0 Å². The van der Waals surface area contributed by atoms with E-state index >= 15 is 0 Å². The molecule has 3 rings (SSSR count). The van der Waals surface area contributed by atoms with Gasteiger partial charge in [-0.25, -0.2) is 0 Å². The molecule has 0 aromatic heterocycles. The third-order valence-corrected chi connectivity index (χ3v) is 9.32.